The third-order valence-electron chi connectivity index (χ3n) is 8.44. The topological polar surface area (TPSA) is 38.7 Å². The van der Waals surface area contributed by atoms with Crippen molar-refractivity contribution >= 4 is 10.9 Å². The molecule has 0 N–H and O–H groups in total. The summed E-state index contributed by atoms with van der Waals surface area (Å²) >= 11 is 0. The van der Waals surface area contributed by atoms with E-state index in [2.05, 4.69) is 46.1 Å². The summed E-state index contributed by atoms with van der Waals surface area (Å²) in [5.41, 5.74) is 8.51. The average Bonchev–Trinajstić information content (AvgIpc) is 2.90. The zero-order valence-corrected chi connectivity index (χ0v) is 21.8. The van der Waals surface area contributed by atoms with Gasteiger partial charge >= 0.3 is 0 Å². The summed E-state index contributed by atoms with van der Waals surface area (Å²) in [6.45, 7) is 15.2. The summed E-state index contributed by atoms with van der Waals surface area (Å²) in [6, 6.07) is 17.2. The van der Waals surface area contributed by atoms with E-state index in [1.807, 2.05) is 30.3 Å². The summed E-state index contributed by atoms with van der Waals surface area (Å²) in [6.07, 6.45) is 2.69. The summed E-state index contributed by atoms with van der Waals surface area (Å²) in [5, 5.41) is 1.01. The fraction of sp³-hybridized carbons (Fsp3) is 0.303. The number of fused-ring (bicyclic) bond motifs is 4. The Hall–Kier alpha value is -3.66. The van der Waals surface area contributed by atoms with Gasteiger partial charge in [-0.2, -0.15) is 0 Å². The number of pyridine rings is 1. The van der Waals surface area contributed by atoms with Crippen LogP contribution in [0.2, 0.25) is 0 Å². The van der Waals surface area contributed by atoms with Gasteiger partial charge in [0.05, 0.1) is 16.9 Å². The van der Waals surface area contributed by atoms with Gasteiger partial charge in [-0.15, -0.1) is 0 Å². The van der Waals surface area contributed by atoms with Gasteiger partial charge in [0.15, 0.2) is 5.82 Å². The molecule has 3 unspecified atom stereocenters. The zero-order chi connectivity index (χ0) is 25.8. The van der Waals surface area contributed by atoms with Gasteiger partial charge in [0, 0.05) is 33.7 Å². The van der Waals surface area contributed by atoms with Crippen LogP contribution < -0.4 is 0 Å². The molecule has 0 bridgehead atoms. The Kier molecular flexibility index (Phi) is 5.78. The minimum Gasteiger partial charge on any atom is -0.253 e. The van der Waals surface area contributed by atoms with E-state index in [1.165, 1.54) is 6.07 Å². The fourth-order valence-corrected chi connectivity index (χ4v) is 6.27. The van der Waals surface area contributed by atoms with Gasteiger partial charge in [-0.05, 0) is 66.9 Å². The average molecular weight is 490 g/mol. The summed E-state index contributed by atoms with van der Waals surface area (Å²) < 4.78 is 15.2. The predicted molar refractivity (Wildman–Crippen MR) is 149 cm³/mol. The van der Waals surface area contributed by atoms with Crippen molar-refractivity contribution < 1.29 is 4.39 Å². The highest BCUT2D eigenvalue weighted by Crippen LogP contribution is 2.51. The quantitative estimate of drug-likeness (QED) is 0.290. The number of halogens is 1. The number of benzene rings is 2. The molecule has 1 saturated carbocycles. The Morgan fingerprint density at radius 1 is 0.946 bits per heavy atom. The third kappa shape index (κ3) is 3.90. The summed E-state index contributed by atoms with van der Waals surface area (Å²) in [5.74, 6) is 1.66. The molecule has 37 heavy (non-hydrogen) atoms. The maximum absolute atomic E-state index is 15.2. The van der Waals surface area contributed by atoms with Gasteiger partial charge < -0.3 is 0 Å². The molecule has 2 aromatic heterocycles. The second-order valence-electron chi connectivity index (χ2n) is 10.9. The molecule has 3 nitrogen and oxygen atoms in total. The van der Waals surface area contributed by atoms with Crippen molar-refractivity contribution in [1.82, 2.24) is 15.0 Å². The van der Waals surface area contributed by atoms with Crippen molar-refractivity contribution in [3.63, 3.8) is 0 Å². The molecule has 1 fully saturated rings. The number of rotatable bonds is 3. The largest absolute Gasteiger partial charge is 0.253 e. The molecule has 4 aromatic rings. The number of nitrogens with zero attached hydrogens (tertiary/aromatic N) is 3. The van der Waals surface area contributed by atoms with Crippen LogP contribution in [0.4, 0.5) is 4.39 Å². The Balaban J connectivity index is 1.65. The highest BCUT2D eigenvalue weighted by Gasteiger charge is 2.41. The number of hydrogen-bond acceptors (Lipinski definition) is 3. The van der Waals surface area contributed by atoms with E-state index in [1.54, 1.807) is 6.07 Å². The highest BCUT2D eigenvalue weighted by atomic mass is 19.1. The molecule has 2 aliphatic rings. The minimum absolute atomic E-state index is 0.224. The van der Waals surface area contributed by atoms with Gasteiger partial charge in [-0.25, -0.2) is 14.4 Å². The Morgan fingerprint density at radius 3 is 2.49 bits per heavy atom. The van der Waals surface area contributed by atoms with E-state index >= 15 is 4.39 Å². The Labute approximate surface area is 218 Å². The molecule has 0 amide bonds. The molecule has 4 heteroatoms. The monoisotopic (exact) mass is 489 g/mol. The molecule has 3 atom stereocenters. The second kappa shape index (κ2) is 9.02. The Morgan fingerprint density at radius 2 is 1.70 bits per heavy atom. The number of aromatic nitrogens is 3. The van der Waals surface area contributed by atoms with Crippen LogP contribution in [0.15, 0.2) is 78.9 Å². The molecule has 2 aliphatic carbocycles. The third-order valence-corrected chi connectivity index (χ3v) is 8.44. The molecular formula is C33H32FN3. The highest BCUT2D eigenvalue weighted by molar-refractivity contribution is 5.93. The first-order valence-electron chi connectivity index (χ1n) is 13.3. The molecule has 2 heterocycles. The van der Waals surface area contributed by atoms with Crippen LogP contribution in [0.5, 0.6) is 0 Å². The lowest BCUT2D eigenvalue weighted by Crippen LogP contribution is -2.33. The van der Waals surface area contributed by atoms with Crippen LogP contribution in [-0.2, 0) is 6.42 Å². The minimum atomic E-state index is -0.256. The van der Waals surface area contributed by atoms with Gasteiger partial charge in [0.2, 0.25) is 0 Å². The summed E-state index contributed by atoms with van der Waals surface area (Å²) in [4.78, 5) is 15.3. The maximum Gasteiger partial charge on any atom is 0.160 e. The van der Waals surface area contributed by atoms with Crippen molar-refractivity contribution in [3.05, 3.63) is 102 Å². The van der Waals surface area contributed by atoms with Crippen LogP contribution in [0.1, 0.15) is 62.4 Å². The van der Waals surface area contributed by atoms with Crippen molar-refractivity contribution in [3.8, 4) is 22.6 Å². The van der Waals surface area contributed by atoms with Gasteiger partial charge in [-0.1, -0.05) is 69.8 Å². The number of allylic oxidation sites excluding steroid dienone is 2. The van der Waals surface area contributed by atoms with Crippen LogP contribution in [0.3, 0.4) is 0 Å². The second-order valence-corrected chi connectivity index (χ2v) is 10.9. The zero-order valence-electron chi connectivity index (χ0n) is 21.8. The lowest BCUT2D eigenvalue weighted by atomic mass is 9.62. The van der Waals surface area contributed by atoms with E-state index < -0.39 is 0 Å². The molecule has 2 aromatic carbocycles. The number of hydrogen-bond donors (Lipinski definition) is 0. The molecular weight excluding hydrogens is 457 g/mol. The van der Waals surface area contributed by atoms with Crippen LogP contribution in [0, 0.1) is 17.7 Å². The molecule has 0 spiro atoms. The normalized spacial score (nSPS) is 21.3. The first-order valence-corrected chi connectivity index (χ1v) is 13.3. The Bertz CT molecular complexity index is 1570. The molecule has 0 aliphatic heterocycles. The van der Waals surface area contributed by atoms with E-state index in [4.69, 9.17) is 15.0 Å². The van der Waals surface area contributed by atoms with Crippen LogP contribution >= 0.6 is 0 Å². The van der Waals surface area contributed by atoms with Crippen molar-refractivity contribution in [1.29, 1.82) is 0 Å². The maximum atomic E-state index is 15.2. The van der Waals surface area contributed by atoms with Crippen LogP contribution in [-0.4, -0.2) is 15.0 Å². The SMILES string of the molecule is C=C1CC2c3nc(-c4cc(C(C)C)nc5ccccc45)nc(-c4ccccc4F)c3CCC2C(C)C1=C. The molecule has 0 radical (unpaired) electrons. The van der Waals surface area contributed by atoms with E-state index in [0.29, 0.717) is 28.9 Å². The summed E-state index contributed by atoms with van der Waals surface area (Å²) in [7, 11) is 0. The first-order chi connectivity index (χ1) is 17.8. The van der Waals surface area contributed by atoms with Crippen molar-refractivity contribution in [2.75, 3.05) is 0 Å². The van der Waals surface area contributed by atoms with Crippen molar-refractivity contribution in [2.24, 2.45) is 11.8 Å². The number of para-hydroxylation sites is 1. The fourth-order valence-electron chi connectivity index (χ4n) is 6.27. The lowest BCUT2D eigenvalue weighted by molar-refractivity contribution is 0.268. The molecule has 6 rings (SSSR count). The predicted octanol–water partition coefficient (Wildman–Crippen LogP) is 8.42. The van der Waals surface area contributed by atoms with E-state index in [0.717, 1.165) is 63.8 Å². The van der Waals surface area contributed by atoms with Crippen molar-refractivity contribution in [2.45, 2.75) is 51.9 Å². The smallest absolute Gasteiger partial charge is 0.160 e. The standard InChI is InChI=1S/C33H32FN3/c1-18(2)30-17-27(23-10-7-9-13-29(23)35-30)33-36-31(24-11-6-8-12-28(24)34)25-15-14-22-21(5)20(4)19(3)16-26(22)32(25)37-33/h6-13,17-18,21-22,26H,3-4,14-16H2,1-2,5H3. The van der Waals surface area contributed by atoms with Gasteiger partial charge in [0.1, 0.15) is 5.82 Å². The van der Waals surface area contributed by atoms with E-state index in [9.17, 15) is 0 Å². The molecule has 0 saturated heterocycles. The van der Waals surface area contributed by atoms with Gasteiger partial charge in [-0.3, -0.25) is 4.98 Å². The first kappa shape index (κ1) is 23.7. The lowest BCUT2D eigenvalue weighted by Gasteiger charge is -2.43. The van der Waals surface area contributed by atoms with Gasteiger partial charge in [0.25, 0.3) is 0 Å². The molecule has 186 valence electrons. The van der Waals surface area contributed by atoms with E-state index in [-0.39, 0.29) is 17.7 Å². The van der Waals surface area contributed by atoms with Crippen LogP contribution in [0.25, 0.3) is 33.5 Å².